The first-order chi connectivity index (χ1) is 8.22. The lowest BCUT2D eigenvalue weighted by molar-refractivity contribution is 0.185. The van der Waals surface area contributed by atoms with Crippen molar-refractivity contribution in [2.45, 2.75) is 65.3 Å². The second-order valence-electron chi connectivity index (χ2n) is 5.41. The summed E-state index contributed by atoms with van der Waals surface area (Å²) in [5.74, 6) is 1.72. The van der Waals surface area contributed by atoms with Gasteiger partial charge in [-0.15, -0.1) is 0 Å². The molecular weight excluding hydrogens is 206 g/mol. The highest BCUT2D eigenvalue weighted by atomic mass is 14.9. The van der Waals surface area contributed by atoms with Crippen molar-refractivity contribution in [1.29, 1.82) is 0 Å². The molecule has 0 bridgehead atoms. The molecule has 3 unspecified atom stereocenters. The highest BCUT2D eigenvalue weighted by Gasteiger charge is 2.29. The van der Waals surface area contributed by atoms with Crippen LogP contribution in [0, 0.1) is 11.8 Å². The number of nitrogens with one attached hydrogen (secondary N) is 1. The van der Waals surface area contributed by atoms with Crippen LogP contribution < -0.4 is 5.32 Å². The van der Waals surface area contributed by atoms with Crippen LogP contribution in [0.3, 0.4) is 0 Å². The highest BCUT2D eigenvalue weighted by molar-refractivity contribution is 5.14. The smallest absolute Gasteiger partial charge is 0.0293 e. The maximum atomic E-state index is 3.87. The lowest BCUT2D eigenvalue weighted by Gasteiger charge is -2.38. The van der Waals surface area contributed by atoms with Crippen LogP contribution in [0.4, 0.5) is 0 Å². The minimum atomic E-state index is 0.662. The summed E-state index contributed by atoms with van der Waals surface area (Å²) in [6.45, 7) is 10.7. The molecular formula is C16H29N. The van der Waals surface area contributed by atoms with Crippen LogP contribution >= 0.6 is 0 Å². The molecule has 1 nitrogen and oxygen atoms in total. The highest BCUT2D eigenvalue weighted by Crippen LogP contribution is 2.34. The second kappa shape index (κ2) is 7.58. The van der Waals surface area contributed by atoms with Gasteiger partial charge >= 0.3 is 0 Å². The van der Waals surface area contributed by atoms with E-state index >= 15 is 0 Å². The van der Waals surface area contributed by atoms with Crippen LogP contribution in [0.25, 0.3) is 0 Å². The van der Waals surface area contributed by atoms with Crippen LogP contribution in [0.5, 0.6) is 0 Å². The lowest BCUT2D eigenvalue weighted by Crippen LogP contribution is -2.41. The van der Waals surface area contributed by atoms with E-state index in [9.17, 15) is 0 Å². The van der Waals surface area contributed by atoms with Gasteiger partial charge in [-0.2, -0.15) is 0 Å². The molecule has 0 aromatic heterocycles. The zero-order valence-electron chi connectivity index (χ0n) is 11.8. The van der Waals surface area contributed by atoms with E-state index in [1.165, 1.54) is 44.2 Å². The van der Waals surface area contributed by atoms with Crippen molar-refractivity contribution in [2.24, 2.45) is 11.8 Å². The van der Waals surface area contributed by atoms with Crippen LogP contribution in [0.2, 0.25) is 0 Å². The Hall–Kier alpha value is -0.720. The number of allylic oxidation sites excluding steroid dienone is 2. The van der Waals surface area contributed by atoms with Gasteiger partial charge in [0.2, 0.25) is 0 Å². The Kier molecular flexibility index (Phi) is 6.39. The Bertz CT molecular complexity index is 254. The summed E-state index contributed by atoms with van der Waals surface area (Å²) in [5, 5.41) is 3.69. The molecule has 0 aromatic rings. The Balaban J connectivity index is 2.61. The molecule has 98 valence electrons. The van der Waals surface area contributed by atoms with Gasteiger partial charge in [0.15, 0.2) is 0 Å². The maximum Gasteiger partial charge on any atom is 0.0293 e. The Labute approximate surface area is 107 Å². The SMILES string of the molecule is C=C/C(=C\C)NC1CCCC(C)C1CCCC. The number of hydrogen-bond donors (Lipinski definition) is 1. The molecule has 0 saturated heterocycles. The standard InChI is InChI=1S/C16H29N/c1-5-8-11-15-13(4)10-9-12-16(15)17-14(6-2)7-3/h6-7,13,15-17H,2,5,8-12H2,1,3-4H3/b14-7+. The zero-order valence-corrected chi connectivity index (χ0v) is 11.8. The Morgan fingerprint density at radius 2 is 2.18 bits per heavy atom. The molecule has 0 heterocycles. The molecule has 0 amide bonds. The van der Waals surface area contributed by atoms with E-state index in [4.69, 9.17) is 0 Å². The molecule has 1 rings (SSSR count). The van der Waals surface area contributed by atoms with Crippen molar-refractivity contribution in [2.75, 3.05) is 0 Å². The second-order valence-corrected chi connectivity index (χ2v) is 5.41. The fourth-order valence-corrected chi connectivity index (χ4v) is 3.06. The Morgan fingerprint density at radius 3 is 2.76 bits per heavy atom. The van der Waals surface area contributed by atoms with Gasteiger partial charge in [-0.25, -0.2) is 0 Å². The normalized spacial score (nSPS) is 30.1. The molecule has 0 aliphatic heterocycles. The minimum absolute atomic E-state index is 0.662. The number of hydrogen-bond acceptors (Lipinski definition) is 1. The summed E-state index contributed by atoms with van der Waals surface area (Å²) in [4.78, 5) is 0. The van der Waals surface area contributed by atoms with Gasteiger partial charge in [0.25, 0.3) is 0 Å². The first-order valence-corrected chi connectivity index (χ1v) is 7.28. The van der Waals surface area contributed by atoms with Crippen LogP contribution in [-0.2, 0) is 0 Å². The summed E-state index contributed by atoms with van der Waals surface area (Å²) in [5.41, 5.74) is 1.20. The summed E-state index contributed by atoms with van der Waals surface area (Å²) in [6, 6.07) is 0.662. The molecule has 0 radical (unpaired) electrons. The van der Waals surface area contributed by atoms with Gasteiger partial charge < -0.3 is 5.32 Å². The van der Waals surface area contributed by atoms with Crippen molar-refractivity contribution in [3.8, 4) is 0 Å². The average Bonchev–Trinajstić information content (AvgIpc) is 2.35. The van der Waals surface area contributed by atoms with Crippen LogP contribution in [0.1, 0.15) is 59.3 Å². The van der Waals surface area contributed by atoms with E-state index in [2.05, 4.69) is 38.7 Å². The molecule has 1 aliphatic carbocycles. The van der Waals surface area contributed by atoms with Crippen molar-refractivity contribution < 1.29 is 0 Å². The quantitative estimate of drug-likeness (QED) is 0.660. The van der Waals surface area contributed by atoms with E-state index in [1.54, 1.807) is 0 Å². The summed E-state index contributed by atoms with van der Waals surface area (Å²) in [6.07, 6.45) is 12.2. The fourth-order valence-electron chi connectivity index (χ4n) is 3.06. The van der Waals surface area contributed by atoms with Crippen molar-refractivity contribution in [3.63, 3.8) is 0 Å². The van der Waals surface area contributed by atoms with Crippen molar-refractivity contribution in [1.82, 2.24) is 5.32 Å². The molecule has 1 saturated carbocycles. The van der Waals surface area contributed by atoms with Gasteiger partial charge in [-0.05, 0) is 37.7 Å². The van der Waals surface area contributed by atoms with E-state index in [0.29, 0.717) is 6.04 Å². The zero-order chi connectivity index (χ0) is 12.7. The summed E-state index contributed by atoms with van der Waals surface area (Å²) in [7, 11) is 0. The van der Waals surface area contributed by atoms with Gasteiger partial charge in [-0.3, -0.25) is 0 Å². The molecule has 3 atom stereocenters. The topological polar surface area (TPSA) is 12.0 Å². The maximum absolute atomic E-state index is 3.87. The minimum Gasteiger partial charge on any atom is -0.382 e. The number of rotatable bonds is 6. The van der Waals surface area contributed by atoms with Crippen LogP contribution in [0.15, 0.2) is 24.4 Å². The monoisotopic (exact) mass is 235 g/mol. The van der Waals surface area contributed by atoms with Crippen molar-refractivity contribution >= 4 is 0 Å². The predicted molar refractivity (Wildman–Crippen MR) is 76.9 cm³/mol. The van der Waals surface area contributed by atoms with E-state index in [-0.39, 0.29) is 0 Å². The van der Waals surface area contributed by atoms with Crippen molar-refractivity contribution in [3.05, 3.63) is 24.4 Å². The number of unbranched alkanes of at least 4 members (excludes halogenated alkanes) is 1. The third kappa shape index (κ3) is 4.22. The van der Waals surface area contributed by atoms with Gasteiger partial charge in [0, 0.05) is 11.7 Å². The van der Waals surface area contributed by atoms with Gasteiger partial charge in [0.1, 0.15) is 0 Å². The largest absolute Gasteiger partial charge is 0.382 e. The van der Waals surface area contributed by atoms with E-state index in [0.717, 1.165) is 11.8 Å². The third-order valence-corrected chi connectivity index (χ3v) is 4.20. The lowest BCUT2D eigenvalue weighted by atomic mass is 9.74. The van der Waals surface area contributed by atoms with Crippen LogP contribution in [-0.4, -0.2) is 6.04 Å². The van der Waals surface area contributed by atoms with E-state index < -0.39 is 0 Å². The van der Waals surface area contributed by atoms with Gasteiger partial charge in [-0.1, -0.05) is 52.2 Å². The fraction of sp³-hybridized carbons (Fsp3) is 0.750. The molecule has 0 spiro atoms. The molecule has 1 aliphatic rings. The summed E-state index contributed by atoms with van der Waals surface area (Å²) >= 11 is 0. The molecule has 1 N–H and O–H groups in total. The predicted octanol–water partition coefficient (Wildman–Crippen LogP) is 4.66. The Morgan fingerprint density at radius 1 is 1.41 bits per heavy atom. The molecule has 1 heteroatoms. The van der Waals surface area contributed by atoms with E-state index in [1.807, 2.05) is 6.08 Å². The average molecular weight is 235 g/mol. The molecule has 1 fully saturated rings. The molecule has 17 heavy (non-hydrogen) atoms. The van der Waals surface area contributed by atoms with Gasteiger partial charge in [0.05, 0.1) is 0 Å². The first kappa shape index (κ1) is 14.3. The first-order valence-electron chi connectivity index (χ1n) is 7.28. The molecule has 0 aromatic carbocycles. The third-order valence-electron chi connectivity index (χ3n) is 4.20. The summed E-state index contributed by atoms with van der Waals surface area (Å²) < 4.78 is 0.